The fourth-order valence-electron chi connectivity index (χ4n) is 3.28. The molecule has 0 N–H and O–H groups in total. The van der Waals surface area contributed by atoms with E-state index in [-0.39, 0.29) is 12.5 Å². The summed E-state index contributed by atoms with van der Waals surface area (Å²) in [6.07, 6.45) is 1.33. The van der Waals surface area contributed by atoms with E-state index >= 15 is 0 Å². The number of carbonyl (C=O) groups excluding carboxylic acids is 1. The topological polar surface area (TPSA) is 73.9 Å². The fourth-order valence-corrected chi connectivity index (χ4v) is 3.28. The lowest BCUT2D eigenvalue weighted by atomic mass is 10.0. The van der Waals surface area contributed by atoms with Crippen LogP contribution in [-0.2, 0) is 20.8 Å². The molecule has 7 heteroatoms. The maximum atomic E-state index is 12.5. The van der Waals surface area contributed by atoms with E-state index in [2.05, 4.69) is 0 Å². The second-order valence-corrected chi connectivity index (χ2v) is 5.91. The molecular weight excluding hydrogens is 300 g/mol. The predicted octanol–water partition coefficient (Wildman–Crippen LogP) is 0.960. The normalized spacial score (nSPS) is 20.4. The smallest absolute Gasteiger partial charge is 0.408 e. The van der Waals surface area contributed by atoms with Crippen LogP contribution < -0.4 is 5.76 Å². The van der Waals surface area contributed by atoms with Crippen molar-refractivity contribution >= 4 is 17.0 Å². The molecular formula is C16H18N2O5. The average Bonchev–Trinajstić information content (AvgIpc) is 3.14. The summed E-state index contributed by atoms with van der Waals surface area (Å²) in [5, 5.41) is 0. The van der Waals surface area contributed by atoms with E-state index in [1.807, 2.05) is 6.07 Å². The van der Waals surface area contributed by atoms with Crippen molar-refractivity contribution in [3.8, 4) is 0 Å². The van der Waals surface area contributed by atoms with Crippen LogP contribution >= 0.6 is 0 Å². The number of hydrogen-bond donors (Lipinski definition) is 0. The van der Waals surface area contributed by atoms with E-state index in [0.717, 1.165) is 0 Å². The molecule has 0 saturated carbocycles. The van der Waals surface area contributed by atoms with Gasteiger partial charge in [0.2, 0.25) is 5.91 Å². The molecule has 2 aliphatic heterocycles. The molecule has 1 aromatic carbocycles. The lowest BCUT2D eigenvalue weighted by molar-refractivity contribution is -0.187. The Morgan fingerprint density at radius 3 is 2.57 bits per heavy atom. The number of rotatable bonds is 2. The molecule has 0 aliphatic carbocycles. The van der Waals surface area contributed by atoms with Gasteiger partial charge in [-0.05, 0) is 12.1 Å². The first kappa shape index (κ1) is 14.5. The van der Waals surface area contributed by atoms with E-state index in [9.17, 15) is 9.59 Å². The third kappa shape index (κ3) is 2.55. The molecule has 2 saturated heterocycles. The van der Waals surface area contributed by atoms with Gasteiger partial charge in [-0.25, -0.2) is 4.79 Å². The van der Waals surface area contributed by atoms with Crippen molar-refractivity contribution in [1.29, 1.82) is 0 Å². The van der Waals surface area contributed by atoms with E-state index in [1.54, 1.807) is 23.1 Å². The minimum atomic E-state index is -0.504. The zero-order valence-electron chi connectivity index (χ0n) is 12.7. The number of carbonyl (C=O) groups is 1. The average molecular weight is 318 g/mol. The van der Waals surface area contributed by atoms with Gasteiger partial charge in [-0.3, -0.25) is 9.36 Å². The molecule has 0 bridgehead atoms. The standard InChI is InChI=1S/C16H18N2O5/c19-14(17-7-5-16(6-8-17)21-9-10-22-16)11-18-12-3-1-2-4-13(12)23-15(18)20/h1-4H,5-11H2. The highest BCUT2D eigenvalue weighted by molar-refractivity contribution is 5.79. The number of piperidine rings is 1. The van der Waals surface area contributed by atoms with Crippen LogP contribution in [0.1, 0.15) is 12.8 Å². The highest BCUT2D eigenvalue weighted by Crippen LogP contribution is 2.31. The van der Waals surface area contributed by atoms with Gasteiger partial charge in [0.05, 0.1) is 18.7 Å². The Morgan fingerprint density at radius 1 is 1.13 bits per heavy atom. The molecule has 1 spiro atoms. The molecule has 2 fully saturated rings. The maximum absolute atomic E-state index is 12.5. The Hall–Kier alpha value is -2.12. The monoisotopic (exact) mass is 318 g/mol. The molecule has 0 unspecified atom stereocenters. The number of nitrogens with zero attached hydrogens (tertiary/aromatic N) is 2. The van der Waals surface area contributed by atoms with E-state index in [4.69, 9.17) is 13.9 Å². The molecule has 122 valence electrons. The van der Waals surface area contributed by atoms with Gasteiger partial charge in [0.1, 0.15) is 6.54 Å². The summed E-state index contributed by atoms with van der Waals surface area (Å²) < 4.78 is 17.9. The summed E-state index contributed by atoms with van der Waals surface area (Å²) in [7, 11) is 0. The molecule has 1 amide bonds. The van der Waals surface area contributed by atoms with E-state index in [0.29, 0.717) is 50.2 Å². The molecule has 0 radical (unpaired) electrons. The summed E-state index contributed by atoms with van der Waals surface area (Å²) in [5.74, 6) is -1.10. The molecule has 4 rings (SSSR count). The number of amides is 1. The van der Waals surface area contributed by atoms with Crippen molar-refractivity contribution in [3.05, 3.63) is 34.8 Å². The quantitative estimate of drug-likeness (QED) is 0.824. The first-order chi connectivity index (χ1) is 11.2. The molecule has 1 aromatic heterocycles. The van der Waals surface area contributed by atoms with Crippen molar-refractivity contribution in [3.63, 3.8) is 0 Å². The SMILES string of the molecule is O=C(Cn1c(=O)oc2ccccc21)N1CCC2(CC1)OCCO2. The van der Waals surface area contributed by atoms with Crippen molar-refractivity contribution in [2.45, 2.75) is 25.2 Å². The van der Waals surface area contributed by atoms with Gasteiger partial charge < -0.3 is 18.8 Å². The summed E-state index contributed by atoms with van der Waals surface area (Å²) in [6, 6.07) is 7.11. The van der Waals surface area contributed by atoms with Crippen LogP contribution in [0.4, 0.5) is 0 Å². The van der Waals surface area contributed by atoms with Gasteiger partial charge in [0, 0.05) is 25.9 Å². The molecule has 3 heterocycles. The van der Waals surface area contributed by atoms with Crippen molar-refractivity contribution in [1.82, 2.24) is 9.47 Å². The highest BCUT2D eigenvalue weighted by Gasteiger charge is 2.40. The van der Waals surface area contributed by atoms with Gasteiger partial charge in [-0.15, -0.1) is 0 Å². The van der Waals surface area contributed by atoms with Crippen molar-refractivity contribution < 1.29 is 18.7 Å². The lowest BCUT2D eigenvalue weighted by Gasteiger charge is -2.37. The van der Waals surface area contributed by atoms with Crippen molar-refractivity contribution in [2.75, 3.05) is 26.3 Å². The number of fused-ring (bicyclic) bond motifs is 1. The maximum Gasteiger partial charge on any atom is 0.420 e. The number of likely N-dealkylation sites (tertiary alicyclic amines) is 1. The lowest BCUT2D eigenvalue weighted by Crippen LogP contribution is -2.48. The molecule has 0 atom stereocenters. The second-order valence-electron chi connectivity index (χ2n) is 5.91. The van der Waals surface area contributed by atoms with Gasteiger partial charge in [0.15, 0.2) is 11.4 Å². The first-order valence-electron chi connectivity index (χ1n) is 7.81. The second kappa shape index (κ2) is 5.50. The molecule has 23 heavy (non-hydrogen) atoms. The minimum absolute atomic E-state index is 0.00936. The van der Waals surface area contributed by atoms with Crippen LogP contribution in [0.15, 0.2) is 33.5 Å². The number of hydrogen-bond acceptors (Lipinski definition) is 5. The largest absolute Gasteiger partial charge is 0.420 e. The van der Waals surface area contributed by atoms with Crippen LogP contribution in [0, 0.1) is 0 Å². The third-order valence-electron chi connectivity index (χ3n) is 4.56. The van der Waals surface area contributed by atoms with E-state index < -0.39 is 11.5 Å². The zero-order chi connectivity index (χ0) is 15.9. The molecule has 2 aromatic rings. The summed E-state index contributed by atoms with van der Waals surface area (Å²) >= 11 is 0. The highest BCUT2D eigenvalue weighted by atomic mass is 16.7. The Kier molecular flexibility index (Phi) is 3.46. The number of benzene rings is 1. The number of para-hydroxylation sites is 2. The van der Waals surface area contributed by atoms with Crippen LogP contribution in [0.2, 0.25) is 0 Å². The Morgan fingerprint density at radius 2 is 1.83 bits per heavy atom. The van der Waals surface area contributed by atoms with Crippen molar-refractivity contribution in [2.24, 2.45) is 0 Å². The van der Waals surface area contributed by atoms with Crippen LogP contribution in [0.5, 0.6) is 0 Å². The number of oxazole rings is 1. The Labute approximate surface area is 132 Å². The number of aromatic nitrogens is 1. The van der Waals surface area contributed by atoms with Gasteiger partial charge in [0.25, 0.3) is 0 Å². The minimum Gasteiger partial charge on any atom is -0.408 e. The predicted molar refractivity (Wildman–Crippen MR) is 80.9 cm³/mol. The molecule has 7 nitrogen and oxygen atoms in total. The van der Waals surface area contributed by atoms with Crippen LogP contribution in [-0.4, -0.2) is 47.5 Å². The summed E-state index contributed by atoms with van der Waals surface area (Å²) in [5.41, 5.74) is 1.14. The fraction of sp³-hybridized carbons (Fsp3) is 0.500. The van der Waals surface area contributed by atoms with Gasteiger partial charge in [-0.2, -0.15) is 0 Å². The molecule has 2 aliphatic rings. The first-order valence-corrected chi connectivity index (χ1v) is 7.81. The zero-order valence-corrected chi connectivity index (χ0v) is 12.7. The van der Waals surface area contributed by atoms with Gasteiger partial charge in [-0.1, -0.05) is 12.1 Å². The van der Waals surface area contributed by atoms with Gasteiger partial charge >= 0.3 is 5.76 Å². The summed E-state index contributed by atoms with van der Waals surface area (Å²) in [6.45, 7) is 2.37. The Bertz CT molecular complexity index is 777. The van der Waals surface area contributed by atoms with Crippen LogP contribution in [0.25, 0.3) is 11.1 Å². The number of ether oxygens (including phenoxy) is 2. The summed E-state index contributed by atoms with van der Waals surface area (Å²) in [4.78, 5) is 26.2. The van der Waals surface area contributed by atoms with E-state index in [1.165, 1.54) is 4.57 Å². The van der Waals surface area contributed by atoms with Crippen LogP contribution in [0.3, 0.4) is 0 Å². The third-order valence-corrected chi connectivity index (χ3v) is 4.56. The Balaban J connectivity index is 1.48.